The molecule has 1 heterocycles. The van der Waals surface area contributed by atoms with Gasteiger partial charge in [0.05, 0.1) is 5.69 Å². The minimum absolute atomic E-state index is 0.197. The van der Waals surface area contributed by atoms with Gasteiger partial charge in [-0.2, -0.15) is 5.10 Å². The summed E-state index contributed by atoms with van der Waals surface area (Å²) in [5.41, 5.74) is 4.24. The Bertz CT molecular complexity index is 477. The third-order valence-corrected chi connectivity index (χ3v) is 2.78. The molecule has 106 valence electrons. The zero-order valence-electron chi connectivity index (χ0n) is 12.1. The summed E-state index contributed by atoms with van der Waals surface area (Å²) >= 11 is 6.27. The maximum Gasteiger partial charge on any atom is 0.258 e. The number of hydrazine groups is 1. The van der Waals surface area contributed by atoms with E-state index in [-0.39, 0.29) is 5.91 Å². The highest BCUT2D eigenvalue weighted by Crippen LogP contribution is 2.22. The number of hydrogen-bond donors (Lipinski definition) is 1. The molecule has 0 aromatic carbocycles. The highest BCUT2D eigenvalue weighted by Gasteiger charge is 2.12. The zero-order chi connectivity index (χ0) is 14.6. The van der Waals surface area contributed by atoms with Crippen LogP contribution in [0.15, 0.2) is 6.08 Å². The van der Waals surface area contributed by atoms with Crippen LogP contribution in [0.2, 0.25) is 5.15 Å². The number of aryl methyl sites for hydroxylation is 1. The first-order chi connectivity index (χ1) is 8.81. The van der Waals surface area contributed by atoms with Crippen LogP contribution in [0.5, 0.6) is 0 Å². The van der Waals surface area contributed by atoms with Crippen molar-refractivity contribution in [3.8, 4) is 0 Å². The van der Waals surface area contributed by atoms with Crippen LogP contribution in [0.3, 0.4) is 0 Å². The van der Waals surface area contributed by atoms with Crippen LogP contribution >= 0.6 is 11.6 Å². The molecule has 0 atom stereocenters. The number of hydrogen-bond acceptors (Lipinski definition) is 3. The monoisotopic (exact) mass is 284 g/mol. The molecule has 0 aliphatic rings. The van der Waals surface area contributed by atoms with Gasteiger partial charge in [0.1, 0.15) is 5.15 Å². The zero-order valence-corrected chi connectivity index (χ0v) is 12.8. The van der Waals surface area contributed by atoms with E-state index in [0.29, 0.717) is 11.1 Å². The number of aromatic nitrogens is 2. The minimum Gasteiger partial charge on any atom is -0.286 e. The maximum absolute atomic E-state index is 11.5. The Labute approximate surface area is 119 Å². The fraction of sp³-hybridized carbons (Fsp3) is 0.538. The summed E-state index contributed by atoms with van der Waals surface area (Å²) < 4.78 is 1.77. The lowest BCUT2D eigenvalue weighted by Gasteiger charge is -2.08. The van der Waals surface area contributed by atoms with Crippen LogP contribution in [0.25, 0.3) is 6.08 Å². The Hall–Kier alpha value is -1.33. The number of rotatable bonds is 5. The van der Waals surface area contributed by atoms with E-state index in [1.54, 1.807) is 29.9 Å². The molecule has 1 rings (SSSR count). The molecule has 0 unspecified atom stereocenters. The maximum atomic E-state index is 11.5. The second kappa shape index (κ2) is 6.73. The molecule has 0 saturated carbocycles. The standard InChI is InChI=1S/C13H21ClN4O/c1-9(2)8-18-13(14)11(10(3)15-18)6-7-12(19)16-17(4)5/h6-7,9H,8H2,1-5H3,(H,16,19)/b7-6+. The van der Waals surface area contributed by atoms with Gasteiger partial charge in [-0.3, -0.25) is 14.9 Å². The van der Waals surface area contributed by atoms with Crippen molar-refractivity contribution in [1.29, 1.82) is 0 Å². The van der Waals surface area contributed by atoms with Crippen molar-refractivity contribution >= 4 is 23.6 Å². The first-order valence-corrected chi connectivity index (χ1v) is 6.58. The smallest absolute Gasteiger partial charge is 0.258 e. The van der Waals surface area contributed by atoms with Gasteiger partial charge in [-0.25, -0.2) is 5.01 Å². The third-order valence-electron chi connectivity index (χ3n) is 2.38. The average Bonchev–Trinajstić information content (AvgIpc) is 2.50. The molecule has 1 aromatic rings. The molecule has 0 bridgehead atoms. The molecule has 1 N–H and O–H groups in total. The molecule has 0 fully saturated rings. The fourth-order valence-electron chi connectivity index (χ4n) is 1.64. The van der Waals surface area contributed by atoms with Crippen molar-refractivity contribution in [3.05, 3.63) is 22.5 Å². The van der Waals surface area contributed by atoms with E-state index in [9.17, 15) is 4.79 Å². The van der Waals surface area contributed by atoms with Gasteiger partial charge >= 0.3 is 0 Å². The first-order valence-electron chi connectivity index (χ1n) is 6.20. The average molecular weight is 285 g/mol. The van der Waals surface area contributed by atoms with Crippen molar-refractivity contribution in [3.63, 3.8) is 0 Å². The van der Waals surface area contributed by atoms with Crippen molar-refractivity contribution in [2.75, 3.05) is 14.1 Å². The Kier molecular flexibility index (Phi) is 5.57. The predicted octanol–water partition coefficient (Wildman–Crippen LogP) is 2.11. The summed E-state index contributed by atoms with van der Waals surface area (Å²) in [6.07, 6.45) is 3.15. The fourth-order valence-corrected chi connectivity index (χ4v) is 1.95. The third kappa shape index (κ3) is 4.69. The Morgan fingerprint density at radius 1 is 1.53 bits per heavy atom. The number of halogens is 1. The number of carbonyl (C=O) groups excluding carboxylic acids is 1. The van der Waals surface area contributed by atoms with Crippen LogP contribution < -0.4 is 5.43 Å². The Morgan fingerprint density at radius 2 is 2.16 bits per heavy atom. The molecule has 19 heavy (non-hydrogen) atoms. The van der Waals surface area contributed by atoms with E-state index in [0.717, 1.165) is 17.8 Å². The summed E-state index contributed by atoms with van der Waals surface area (Å²) in [6, 6.07) is 0. The lowest BCUT2D eigenvalue weighted by Crippen LogP contribution is -2.34. The van der Waals surface area contributed by atoms with Gasteiger partial charge in [0.2, 0.25) is 0 Å². The molecule has 1 amide bonds. The second-order valence-corrected chi connectivity index (χ2v) is 5.43. The highest BCUT2D eigenvalue weighted by atomic mass is 35.5. The first kappa shape index (κ1) is 15.7. The molecule has 0 aliphatic carbocycles. The quantitative estimate of drug-likeness (QED) is 0.665. The lowest BCUT2D eigenvalue weighted by molar-refractivity contribution is -0.119. The lowest BCUT2D eigenvalue weighted by atomic mass is 10.2. The Morgan fingerprint density at radius 3 is 2.68 bits per heavy atom. The molecular formula is C13H21ClN4O. The van der Waals surface area contributed by atoms with E-state index >= 15 is 0 Å². The van der Waals surface area contributed by atoms with E-state index in [2.05, 4.69) is 24.4 Å². The minimum atomic E-state index is -0.197. The van der Waals surface area contributed by atoms with Gasteiger partial charge < -0.3 is 0 Å². The summed E-state index contributed by atoms with van der Waals surface area (Å²) in [5, 5.41) is 6.54. The van der Waals surface area contributed by atoms with Gasteiger partial charge in [0.15, 0.2) is 0 Å². The van der Waals surface area contributed by atoms with Crippen molar-refractivity contribution in [2.45, 2.75) is 27.3 Å². The van der Waals surface area contributed by atoms with Crippen LogP contribution in [-0.4, -0.2) is 34.8 Å². The van der Waals surface area contributed by atoms with Gasteiger partial charge in [-0.1, -0.05) is 25.4 Å². The van der Waals surface area contributed by atoms with E-state index in [1.165, 1.54) is 6.08 Å². The molecule has 5 nitrogen and oxygen atoms in total. The summed E-state index contributed by atoms with van der Waals surface area (Å²) in [5.74, 6) is 0.266. The summed E-state index contributed by atoms with van der Waals surface area (Å²) in [6.45, 7) is 6.85. The SMILES string of the molecule is Cc1nn(CC(C)C)c(Cl)c1/C=C/C(=O)NN(C)C. The van der Waals surface area contributed by atoms with Gasteiger partial charge in [0, 0.05) is 32.3 Å². The molecule has 0 spiro atoms. The number of amides is 1. The van der Waals surface area contributed by atoms with Crippen LogP contribution in [-0.2, 0) is 11.3 Å². The van der Waals surface area contributed by atoms with Crippen LogP contribution in [0.1, 0.15) is 25.1 Å². The molecular weight excluding hydrogens is 264 g/mol. The summed E-state index contributed by atoms with van der Waals surface area (Å²) in [7, 11) is 3.51. The van der Waals surface area contributed by atoms with Gasteiger partial charge in [-0.15, -0.1) is 0 Å². The number of nitrogens with one attached hydrogen (secondary N) is 1. The number of carbonyl (C=O) groups is 1. The van der Waals surface area contributed by atoms with Crippen LogP contribution in [0, 0.1) is 12.8 Å². The molecule has 0 radical (unpaired) electrons. The van der Waals surface area contributed by atoms with E-state index < -0.39 is 0 Å². The van der Waals surface area contributed by atoms with Gasteiger partial charge in [-0.05, 0) is 18.9 Å². The second-order valence-electron chi connectivity index (χ2n) is 5.07. The highest BCUT2D eigenvalue weighted by molar-refractivity contribution is 6.31. The van der Waals surface area contributed by atoms with Crippen LogP contribution in [0.4, 0.5) is 0 Å². The molecule has 0 aliphatic heterocycles. The predicted molar refractivity (Wildman–Crippen MR) is 77.7 cm³/mol. The normalized spacial score (nSPS) is 11.8. The van der Waals surface area contributed by atoms with E-state index in [1.807, 2.05) is 6.92 Å². The van der Waals surface area contributed by atoms with Crippen molar-refractivity contribution in [1.82, 2.24) is 20.2 Å². The Balaban J connectivity index is 2.87. The van der Waals surface area contributed by atoms with E-state index in [4.69, 9.17) is 11.6 Å². The topological polar surface area (TPSA) is 50.2 Å². The van der Waals surface area contributed by atoms with Crippen molar-refractivity contribution < 1.29 is 4.79 Å². The van der Waals surface area contributed by atoms with Crippen molar-refractivity contribution in [2.24, 2.45) is 5.92 Å². The number of nitrogens with zero attached hydrogens (tertiary/aromatic N) is 3. The summed E-state index contributed by atoms with van der Waals surface area (Å²) in [4.78, 5) is 11.5. The molecule has 1 aromatic heterocycles. The molecule has 0 saturated heterocycles. The largest absolute Gasteiger partial charge is 0.286 e. The van der Waals surface area contributed by atoms with Gasteiger partial charge in [0.25, 0.3) is 5.91 Å². The molecule has 6 heteroatoms.